The summed E-state index contributed by atoms with van der Waals surface area (Å²) < 4.78 is 5.42. The predicted octanol–water partition coefficient (Wildman–Crippen LogP) is 5.17. The van der Waals surface area contributed by atoms with Crippen molar-refractivity contribution in [3.63, 3.8) is 0 Å². The Labute approximate surface area is 139 Å². The number of ether oxygens (including phenoxy) is 1. The number of allylic oxidation sites excluding steroid dienone is 5. The Kier molecular flexibility index (Phi) is 4.56. The van der Waals surface area contributed by atoms with Gasteiger partial charge in [0.05, 0.1) is 11.0 Å². The number of rotatable bonds is 3. The molecule has 1 aliphatic carbocycles. The van der Waals surface area contributed by atoms with Crippen LogP contribution in [-0.2, 0) is 10.2 Å². The minimum Gasteiger partial charge on any atom is -0.426 e. The molecule has 0 aromatic heterocycles. The predicted molar refractivity (Wildman–Crippen MR) is 95.2 cm³/mol. The lowest BCUT2D eigenvalue weighted by molar-refractivity contribution is -0.142. The second kappa shape index (κ2) is 6.11. The molecule has 2 heteroatoms. The second-order valence-electron chi connectivity index (χ2n) is 7.49. The van der Waals surface area contributed by atoms with Crippen LogP contribution in [-0.4, -0.2) is 5.97 Å². The van der Waals surface area contributed by atoms with Crippen LogP contribution in [0.2, 0.25) is 0 Å². The molecule has 1 aliphatic rings. The Morgan fingerprint density at radius 2 is 1.65 bits per heavy atom. The van der Waals surface area contributed by atoms with Gasteiger partial charge in [-0.1, -0.05) is 12.1 Å². The van der Waals surface area contributed by atoms with Crippen LogP contribution >= 0.6 is 0 Å². The van der Waals surface area contributed by atoms with Gasteiger partial charge in [-0.25, -0.2) is 0 Å². The Morgan fingerprint density at radius 3 is 2.13 bits per heavy atom. The minimum absolute atomic E-state index is 0.125. The van der Waals surface area contributed by atoms with Gasteiger partial charge >= 0.3 is 5.97 Å². The van der Waals surface area contributed by atoms with Gasteiger partial charge in [0, 0.05) is 35.6 Å². The van der Waals surface area contributed by atoms with E-state index in [2.05, 4.69) is 32.6 Å². The monoisotopic (exact) mass is 309 g/mol. The van der Waals surface area contributed by atoms with E-state index in [4.69, 9.17) is 4.74 Å². The number of benzene rings is 1. The third kappa shape index (κ3) is 3.95. The average Bonchev–Trinajstić information content (AvgIpc) is 2.47. The van der Waals surface area contributed by atoms with Crippen LogP contribution in [0, 0.1) is 11.8 Å². The van der Waals surface area contributed by atoms with Crippen LogP contribution in [0.5, 0.6) is 5.75 Å². The highest BCUT2D eigenvalue weighted by molar-refractivity contribution is 5.77. The first-order valence-corrected chi connectivity index (χ1v) is 7.86. The fraction of sp³-hybridized carbons (Fsp3) is 0.333. The average molecular weight is 309 g/mol. The molecule has 2 nitrogen and oxygen atoms in total. The lowest BCUT2D eigenvalue weighted by atomic mass is 9.75. The van der Waals surface area contributed by atoms with E-state index in [1.54, 1.807) is 0 Å². The molecule has 1 aromatic rings. The van der Waals surface area contributed by atoms with Gasteiger partial charge in [-0.05, 0) is 58.9 Å². The van der Waals surface area contributed by atoms with E-state index in [1.165, 1.54) is 11.1 Å². The summed E-state index contributed by atoms with van der Waals surface area (Å²) in [4.78, 5) is 11.9. The first-order valence-electron chi connectivity index (χ1n) is 7.86. The Balaban J connectivity index is 2.17. The summed E-state index contributed by atoms with van der Waals surface area (Å²) in [6.45, 7) is 13.8. The third-order valence-electron chi connectivity index (χ3n) is 4.07. The van der Waals surface area contributed by atoms with Gasteiger partial charge in [0.15, 0.2) is 0 Å². The summed E-state index contributed by atoms with van der Waals surface area (Å²) in [5, 5.41) is 0. The summed E-state index contributed by atoms with van der Waals surface area (Å²) in [7, 11) is 0. The number of esters is 1. The van der Waals surface area contributed by atoms with Crippen molar-refractivity contribution in [2.75, 3.05) is 0 Å². The number of hydrogen-bond donors (Lipinski definition) is 0. The topological polar surface area (TPSA) is 26.3 Å². The van der Waals surface area contributed by atoms with E-state index in [-0.39, 0.29) is 11.4 Å². The van der Waals surface area contributed by atoms with Gasteiger partial charge in [-0.2, -0.15) is 0 Å². The van der Waals surface area contributed by atoms with Gasteiger partial charge in [-0.3, -0.25) is 4.79 Å². The first-order chi connectivity index (χ1) is 10.6. The quantitative estimate of drug-likeness (QED) is 0.437. The highest BCUT2D eigenvalue weighted by Crippen LogP contribution is 2.35. The molecule has 0 heterocycles. The molecule has 0 N–H and O–H groups in total. The molecule has 0 amide bonds. The van der Waals surface area contributed by atoms with Gasteiger partial charge in [0.1, 0.15) is 5.75 Å². The Hall–Kier alpha value is -2.22. The van der Waals surface area contributed by atoms with Crippen molar-refractivity contribution < 1.29 is 9.53 Å². The van der Waals surface area contributed by atoms with Crippen LogP contribution in [0.1, 0.15) is 40.2 Å². The van der Waals surface area contributed by atoms with Crippen LogP contribution < -0.4 is 4.74 Å². The molecule has 0 radical (unpaired) electrons. The maximum atomic E-state index is 11.9. The molecular weight excluding hydrogens is 284 g/mol. The van der Waals surface area contributed by atoms with Crippen molar-refractivity contribution in [3.8, 4) is 5.75 Å². The molecule has 0 atom stereocenters. The number of carbonyl (C=O) groups is 1. The molecule has 2 rings (SSSR count). The number of carbonyl (C=O) groups excluding carboxylic acids is 1. The van der Waals surface area contributed by atoms with Gasteiger partial charge in [-0.15, -0.1) is 0 Å². The lowest BCUT2D eigenvalue weighted by Crippen LogP contribution is -2.25. The summed E-state index contributed by atoms with van der Waals surface area (Å²) >= 11 is 0. The molecular formula is C21H25O2+. The van der Waals surface area contributed by atoms with E-state index in [9.17, 15) is 4.79 Å². The van der Waals surface area contributed by atoms with Crippen molar-refractivity contribution in [1.82, 2.24) is 0 Å². The molecule has 0 saturated carbocycles. The molecule has 120 valence electrons. The molecule has 0 aliphatic heterocycles. The van der Waals surface area contributed by atoms with Crippen molar-refractivity contribution in [2.45, 2.75) is 40.0 Å². The minimum atomic E-state index is -0.506. The second-order valence-corrected chi connectivity index (χ2v) is 7.49. The molecule has 0 fully saturated rings. The van der Waals surface area contributed by atoms with Gasteiger partial charge in [0.2, 0.25) is 0 Å². The fourth-order valence-electron chi connectivity index (χ4n) is 2.29. The van der Waals surface area contributed by atoms with Crippen molar-refractivity contribution >= 4 is 5.97 Å². The summed E-state index contributed by atoms with van der Waals surface area (Å²) in [5.41, 5.74) is 2.77. The van der Waals surface area contributed by atoms with Crippen molar-refractivity contribution in [3.05, 3.63) is 72.2 Å². The highest BCUT2D eigenvalue weighted by atomic mass is 16.5. The standard InChI is InChI=1S/C21H25O2/c1-15-7-9-16(10-8-15)21(5,6)17-11-13-18(14-12-17)23-19(22)20(2,3)4/h7-14H,1H2,2-6H3/q+1. The van der Waals surface area contributed by atoms with E-state index in [0.717, 1.165) is 5.57 Å². The van der Waals surface area contributed by atoms with Crippen LogP contribution in [0.4, 0.5) is 0 Å². The largest absolute Gasteiger partial charge is 0.426 e. The maximum Gasteiger partial charge on any atom is 0.316 e. The smallest absolute Gasteiger partial charge is 0.316 e. The molecule has 23 heavy (non-hydrogen) atoms. The maximum absolute atomic E-state index is 11.9. The summed E-state index contributed by atoms with van der Waals surface area (Å²) in [6, 6.07) is 7.75. The SMILES string of the molecule is C=C1C=CC(C(C)(C)c2ccc(OC(=O)C(C)(C)C)cc2)=C[CH+]1. The normalized spacial score (nSPS) is 15.0. The van der Waals surface area contributed by atoms with Crippen LogP contribution in [0.25, 0.3) is 0 Å². The lowest BCUT2D eigenvalue weighted by Gasteiger charge is -2.25. The zero-order valence-corrected chi connectivity index (χ0v) is 14.6. The Bertz CT molecular complexity index is 665. The molecule has 1 aromatic carbocycles. The van der Waals surface area contributed by atoms with Crippen LogP contribution in [0.3, 0.4) is 0 Å². The third-order valence-corrected chi connectivity index (χ3v) is 4.07. The van der Waals surface area contributed by atoms with Crippen molar-refractivity contribution in [1.29, 1.82) is 0 Å². The van der Waals surface area contributed by atoms with E-state index >= 15 is 0 Å². The fourth-order valence-corrected chi connectivity index (χ4v) is 2.29. The highest BCUT2D eigenvalue weighted by Gasteiger charge is 2.29. The van der Waals surface area contributed by atoms with E-state index in [0.29, 0.717) is 5.75 Å². The molecule has 0 unspecified atom stereocenters. The molecule has 0 bridgehead atoms. The Morgan fingerprint density at radius 1 is 1.04 bits per heavy atom. The zero-order chi connectivity index (χ0) is 17.3. The molecule has 0 spiro atoms. The van der Waals surface area contributed by atoms with Gasteiger partial charge < -0.3 is 4.74 Å². The van der Waals surface area contributed by atoms with Crippen molar-refractivity contribution in [2.24, 2.45) is 5.41 Å². The summed E-state index contributed by atoms with van der Waals surface area (Å²) in [6.07, 6.45) is 8.26. The van der Waals surface area contributed by atoms with Crippen LogP contribution in [0.15, 0.2) is 60.2 Å². The van der Waals surface area contributed by atoms with E-state index in [1.807, 2.05) is 57.5 Å². The van der Waals surface area contributed by atoms with Gasteiger partial charge in [0.25, 0.3) is 0 Å². The first kappa shape index (κ1) is 17.1. The zero-order valence-electron chi connectivity index (χ0n) is 14.6. The molecule has 0 saturated heterocycles. The number of hydrogen-bond acceptors (Lipinski definition) is 2. The van der Waals surface area contributed by atoms with E-state index < -0.39 is 5.41 Å². The summed E-state index contributed by atoms with van der Waals surface area (Å²) in [5.74, 6) is 0.355.